The maximum absolute atomic E-state index is 11.9. The second kappa shape index (κ2) is 8.19. The molecule has 5 nitrogen and oxygen atoms in total. The predicted molar refractivity (Wildman–Crippen MR) is 88.0 cm³/mol. The quantitative estimate of drug-likeness (QED) is 0.821. The van der Waals surface area contributed by atoms with Crippen LogP contribution in [-0.2, 0) is 9.53 Å². The zero-order valence-corrected chi connectivity index (χ0v) is 13.3. The fraction of sp³-hybridized carbons (Fsp3) is 0.176. The molecule has 0 heterocycles. The van der Waals surface area contributed by atoms with E-state index < -0.39 is 18.5 Å². The molecule has 0 aliphatic carbocycles. The number of hydrogen-bond donors (Lipinski definition) is 1. The molecule has 2 aromatic carbocycles. The summed E-state index contributed by atoms with van der Waals surface area (Å²) >= 11 is 5.93. The summed E-state index contributed by atoms with van der Waals surface area (Å²) < 4.78 is 10.3. The molecule has 6 heteroatoms. The first-order valence-corrected chi connectivity index (χ1v) is 7.42. The van der Waals surface area contributed by atoms with Crippen molar-refractivity contribution in [1.82, 2.24) is 0 Å². The van der Waals surface area contributed by atoms with Crippen LogP contribution in [0.1, 0.15) is 17.3 Å². The Balaban J connectivity index is 1.86. The van der Waals surface area contributed by atoms with Gasteiger partial charge in [-0.1, -0.05) is 23.7 Å². The minimum atomic E-state index is -0.581. The van der Waals surface area contributed by atoms with E-state index >= 15 is 0 Å². The van der Waals surface area contributed by atoms with Gasteiger partial charge >= 0.3 is 5.97 Å². The number of rotatable bonds is 6. The largest absolute Gasteiger partial charge is 0.494 e. The lowest BCUT2D eigenvalue weighted by atomic mass is 10.2. The van der Waals surface area contributed by atoms with E-state index in [0.29, 0.717) is 28.6 Å². The van der Waals surface area contributed by atoms with Crippen molar-refractivity contribution < 1.29 is 19.1 Å². The van der Waals surface area contributed by atoms with Gasteiger partial charge in [-0.15, -0.1) is 0 Å². The minimum Gasteiger partial charge on any atom is -0.494 e. The van der Waals surface area contributed by atoms with Crippen molar-refractivity contribution in [3.8, 4) is 5.75 Å². The highest BCUT2D eigenvalue weighted by Gasteiger charge is 2.11. The van der Waals surface area contributed by atoms with Gasteiger partial charge in [-0.2, -0.15) is 0 Å². The number of esters is 1. The van der Waals surface area contributed by atoms with Gasteiger partial charge in [-0.05, 0) is 43.3 Å². The van der Waals surface area contributed by atoms with Gasteiger partial charge in [0.2, 0.25) is 0 Å². The summed E-state index contributed by atoms with van der Waals surface area (Å²) in [6, 6.07) is 13.3. The number of halogens is 1. The number of amides is 1. The first-order chi connectivity index (χ1) is 11.1. The fourth-order valence-electron chi connectivity index (χ4n) is 1.82. The molecule has 0 saturated carbocycles. The third kappa shape index (κ3) is 5.00. The van der Waals surface area contributed by atoms with Crippen LogP contribution in [0.25, 0.3) is 0 Å². The normalized spacial score (nSPS) is 10.0. The molecule has 0 spiro atoms. The average Bonchev–Trinajstić information content (AvgIpc) is 2.56. The standard InChI is InChI=1S/C17H16ClNO4/c1-2-22-13-9-7-12(8-10-13)17(21)23-11-16(20)19-15-6-4-3-5-14(15)18/h3-10H,2,11H2,1H3,(H,19,20). The summed E-state index contributed by atoms with van der Waals surface area (Å²) in [7, 11) is 0. The Kier molecular flexibility index (Phi) is 6.00. The molecule has 23 heavy (non-hydrogen) atoms. The van der Waals surface area contributed by atoms with Gasteiger partial charge in [0, 0.05) is 0 Å². The summed E-state index contributed by atoms with van der Waals surface area (Å²) in [4.78, 5) is 23.6. The molecule has 1 N–H and O–H groups in total. The Morgan fingerprint density at radius 3 is 2.43 bits per heavy atom. The Bertz CT molecular complexity index is 685. The van der Waals surface area contributed by atoms with Crippen molar-refractivity contribution in [2.75, 3.05) is 18.5 Å². The van der Waals surface area contributed by atoms with E-state index in [1.165, 1.54) is 0 Å². The van der Waals surface area contributed by atoms with Crippen molar-refractivity contribution in [1.29, 1.82) is 0 Å². The third-order valence-corrected chi connectivity index (χ3v) is 3.21. The van der Waals surface area contributed by atoms with Crippen molar-refractivity contribution in [3.05, 3.63) is 59.1 Å². The fourth-order valence-corrected chi connectivity index (χ4v) is 2.00. The summed E-state index contributed by atoms with van der Waals surface area (Å²) in [5, 5.41) is 2.99. The molecule has 0 unspecified atom stereocenters. The highest BCUT2D eigenvalue weighted by molar-refractivity contribution is 6.33. The molecule has 2 rings (SSSR count). The molecule has 0 saturated heterocycles. The van der Waals surface area contributed by atoms with Crippen LogP contribution < -0.4 is 10.1 Å². The van der Waals surface area contributed by atoms with Gasteiger partial charge < -0.3 is 14.8 Å². The van der Waals surface area contributed by atoms with Crippen LogP contribution in [0.2, 0.25) is 5.02 Å². The van der Waals surface area contributed by atoms with Gasteiger partial charge in [0.25, 0.3) is 5.91 Å². The molecule has 0 atom stereocenters. The second-order valence-electron chi connectivity index (χ2n) is 4.56. The van der Waals surface area contributed by atoms with Gasteiger partial charge in [0.1, 0.15) is 5.75 Å². The van der Waals surface area contributed by atoms with E-state index in [1.54, 1.807) is 48.5 Å². The number of para-hydroxylation sites is 1. The topological polar surface area (TPSA) is 64.6 Å². The molecule has 2 aromatic rings. The van der Waals surface area contributed by atoms with Crippen molar-refractivity contribution in [3.63, 3.8) is 0 Å². The third-order valence-electron chi connectivity index (χ3n) is 2.88. The Morgan fingerprint density at radius 2 is 1.78 bits per heavy atom. The summed E-state index contributed by atoms with van der Waals surface area (Å²) in [6.07, 6.45) is 0. The highest BCUT2D eigenvalue weighted by atomic mass is 35.5. The molecule has 0 aromatic heterocycles. The SMILES string of the molecule is CCOc1ccc(C(=O)OCC(=O)Nc2ccccc2Cl)cc1. The lowest BCUT2D eigenvalue weighted by Crippen LogP contribution is -2.21. The minimum absolute atomic E-state index is 0.346. The second-order valence-corrected chi connectivity index (χ2v) is 4.97. The summed E-state index contributed by atoms with van der Waals surface area (Å²) in [5.74, 6) is -0.375. The first-order valence-electron chi connectivity index (χ1n) is 7.04. The van der Waals surface area contributed by atoms with Gasteiger partial charge in [-0.25, -0.2) is 4.79 Å². The first kappa shape index (κ1) is 16.8. The number of ether oxygens (including phenoxy) is 2. The van der Waals surface area contributed by atoms with E-state index in [2.05, 4.69) is 5.32 Å². The molecule has 120 valence electrons. The number of benzene rings is 2. The monoisotopic (exact) mass is 333 g/mol. The van der Waals surface area contributed by atoms with Gasteiger partial charge in [0.05, 0.1) is 22.9 Å². The number of nitrogens with one attached hydrogen (secondary N) is 1. The van der Waals surface area contributed by atoms with Crippen molar-refractivity contribution in [2.24, 2.45) is 0 Å². The van der Waals surface area contributed by atoms with Crippen LogP contribution in [0.3, 0.4) is 0 Å². The van der Waals surface area contributed by atoms with Gasteiger partial charge in [-0.3, -0.25) is 4.79 Å². The molecule has 0 fully saturated rings. The van der Waals surface area contributed by atoms with E-state index in [1.807, 2.05) is 6.92 Å². The zero-order chi connectivity index (χ0) is 16.7. The predicted octanol–water partition coefficient (Wildman–Crippen LogP) is 3.53. The Labute approximate surface area is 139 Å². The van der Waals surface area contributed by atoms with Gasteiger partial charge in [0.15, 0.2) is 6.61 Å². The number of carbonyl (C=O) groups excluding carboxylic acids is 2. The Hall–Kier alpha value is -2.53. The van der Waals surface area contributed by atoms with Crippen LogP contribution in [0.4, 0.5) is 5.69 Å². The van der Waals surface area contributed by atoms with Crippen LogP contribution in [-0.4, -0.2) is 25.1 Å². The van der Waals surface area contributed by atoms with E-state index in [-0.39, 0.29) is 0 Å². The number of carbonyl (C=O) groups is 2. The molecular formula is C17H16ClNO4. The lowest BCUT2D eigenvalue weighted by Gasteiger charge is -2.08. The average molecular weight is 334 g/mol. The zero-order valence-electron chi connectivity index (χ0n) is 12.5. The smallest absolute Gasteiger partial charge is 0.338 e. The van der Waals surface area contributed by atoms with Crippen LogP contribution in [0.5, 0.6) is 5.75 Å². The van der Waals surface area contributed by atoms with E-state index in [0.717, 1.165) is 0 Å². The number of hydrogen-bond acceptors (Lipinski definition) is 4. The van der Waals surface area contributed by atoms with Crippen LogP contribution >= 0.6 is 11.6 Å². The van der Waals surface area contributed by atoms with Crippen molar-refractivity contribution >= 4 is 29.2 Å². The molecule has 0 bridgehead atoms. The maximum atomic E-state index is 11.9. The Morgan fingerprint density at radius 1 is 1.09 bits per heavy atom. The van der Waals surface area contributed by atoms with Crippen LogP contribution in [0, 0.1) is 0 Å². The molecule has 0 aliphatic heterocycles. The molecular weight excluding hydrogens is 318 g/mol. The van der Waals surface area contributed by atoms with E-state index in [4.69, 9.17) is 21.1 Å². The lowest BCUT2D eigenvalue weighted by molar-refractivity contribution is -0.119. The van der Waals surface area contributed by atoms with Crippen LogP contribution in [0.15, 0.2) is 48.5 Å². The number of anilines is 1. The highest BCUT2D eigenvalue weighted by Crippen LogP contribution is 2.20. The maximum Gasteiger partial charge on any atom is 0.338 e. The summed E-state index contributed by atoms with van der Waals surface area (Å²) in [6.45, 7) is 2.03. The van der Waals surface area contributed by atoms with Crippen molar-refractivity contribution in [2.45, 2.75) is 6.92 Å². The molecule has 0 radical (unpaired) electrons. The molecule has 1 amide bonds. The summed E-state index contributed by atoms with van der Waals surface area (Å²) in [5.41, 5.74) is 0.815. The molecule has 0 aliphatic rings. The van der Waals surface area contributed by atoms with E-state index in [9.17, 15) is 9.59 Å².